The lowest BCUT2D eigenvalue weighted by Crippen LogP contribution is -2.02. The van der Waals surface area contributed by atoms with Crippen LogP contribution in [0, 0.1) is 3.57 Å². The van der Waals surface area contributed by atoms with Crippen molar-refractivity contribution in [1.29, 1.82) is 0 Å². The van der Waals surface area contributed by atoms with Crippen molar-refractivity contribution in [1.82, 2.24) is 0 Å². The Morgan fingerprint density at radius 3 is 2.89 bits per heavy atom. The van der Waals surface area contributed by atoms with E-state index in [1.54, 1.807) is 0 Å². The van der Waals surface area contributed by atoms with E-state index in [4.69, 9.17) is 16.3 Å². The van der Waals surface area contributed by atoms with Crippen molar-refractivity contribution >= 4 is 34.2 Å². The molecular formula is C15H12ClIO2. The number of hydrogen-bond donors (Lipinski definition) is 1. The van der Waals surface area contributed by atoms with E-state index < -0.39 is 6.10 Å². The number of rotatable bonds is 2. The number of aliphatic hydroxyl groups is 1. The fourth-order valence-corrected chi connectivity index (χ4v) is 2.84. The monoisotopic (exact) mass is 386 g/mol. The van der Waals surface area contributed by atoms with Crippen LogP contribution in [0.25, 0.3) is 0 Å². The molecule has 0 aromatic heterocycles. The maximum atomic E-state index is 10.5. The SMILES string of the molecule is OC(c1ccc(I)c(Cl)c1)c1cccc2c1OCC2. The summed E-state index contributed by atoms with van der Waals surface area (Å²) in [6, 6.07) is 11.5. The van der Waals surface area contributed by atoms with E-state index in [2.05, 4.69) is 22.6 Å². The minimum absolute atomic E-state index is 0.658. The van der Waals surface area contributed by atoms with Gasteiger partial charge in [-0.15, -0.1) is 0 Å². The van der Waals surface area contributed by atoms with Gasteiger partial charge in [0.25, 0.3) is 0 Å². The summed E-state index contributed by atoms with van der Waals surface area (Å²) in [5.41, 5.74) is 2.76. The first-order valence-electron chi connectivity index (χ1n) is 6.04. The first-order valence-corrected chi connectivity index (χ1v) is 7.50. The Morgan fingerprint density at radius 2 is 2.11 bits per heavy atom. The lowest BCUT2D eigenvalue weighted by atomic mass is 9.98. The third-order valence-corrected chi connectivity index (χ3v) is 4.87. The zero-order chi connectivity index (χ0) is 13.4. The van der Waals surface area contributed by atoms with Gasteiger partial charge in [-0.3, -0.25) is 0 Å². The molecule has 2 aromatic rings. The minimum atomic E-state index is -0.706. The van der Waals surface area contributed by atoms with Crippen LogP contribution in [0.5, 0.6) is 5.75 Å². The number of para-hydroxylation sites is 1. The molecule has 2 nitrogen and oxygen atoms in total. The summed E-state index contributed by atoms with van der Waals surface area (Å²) >= 11 is 8.28. The van der Waals surface area contributed by atoms with Crippen molar-refractivity contribution in [3.05, 3.63) is 61.7 Å². The normalized spacial score (nSPS) is 14.9. The van der Waals surface area contributed by atoms with Crippen LogP contribution in [0.3, 0.4) is 0 Å². The Hall–Kier alpha value is -0.780. The van der Waals surface area contributed by atoms with Crippen molar-refractivity contribution < 1.29 is 9.84 Å². The van der Waals surface area contributed by atoms with Crippen LogP contribution in [0.15, 0.2) is 36.4 Å². The highest BCUT2D eigenvalue weighted by atomic mass is 127. The maximum Gasteiger partial charge on any atom is 0.128 e. The van der Waals surface area contributed by atoms with Gasteiger partial charge in [0.15, 0.2) is 0 Å². The number of hydrogen-bond acceptors (Lipinski definition) is 2. The predicted molar refractivity (Wildman–Crippen MR) is 83.9 cm³/mol. The Labute approximate surface area is 130 Å². The first kappa shape index (κ1) is 13.2. The Morgan fingerprint density at radius 1 is 1.26 bits per heavy atom. The van der Waals surface area contributed by atoms with Gasteiger partial charge >= 0.3 is 0 Å². The van der Waals surface area contributed by atoms with Crippen LogP contribution < -0.4 is 4.74 Å². The third kappa shape index (κ3) is 2.47. The molecule has 1 N–H and O–H groups in total. The fraction of sp³-hybridized carbons (Fsp3) is 0.200. The van der Waals surface area contributed by atoms with Gasteiger partial charge in [-0.25, -0.2) is 0 Å². The van der Waals surface area contributed by atoms with Crippen LogP contribution >= 0.6 is 34.2 Å². The van der Waals surface area contributed by atoms with Crippen molar-refractivity contribution in [2.75, 3.05) is 6.61 Å². The lowest BCUT2D eigenvalue weighted by molar-refractivity contribution is 0.213. The van der Waals surface area contributed by atoms with E-state index in [1.165, 1.54) is 0 Å². The minimum Gasteiger partial charge on any atom is -0.493 e. The number of halogens is 2. The molecule has 1 unspecified atom stereocenters. The topological polar surface area (TPSA) is 29.5 Å². The molecule has 0 saturated heterocycles. The predicted octanol–water partition coefficient (Wildman–Crippen LogP) is 3.96. The van der Waals surface area contributed by atoms with Crippen molar-refractivity contribution in [2.45, 2.75) is 12.5 Å². The molecular weight excluding hydrogens is 375 g/mol. The molecule has 0 fully saturated rings. The molecule has 0 amide bonds. The zero-order valence-electron chi connectivity index (χ0n) is 10.1. The number of fused-ring (bicyclic) bond motifs is 1. The quantitative estimate of drug-likeness (QED) is 0.792. The molecule has 2 aromatic carbocycles. The molecule has 98 valence electrons. The van der Waals surface area contributed by atoms with E-state index in [0.717, 1.165) is 32.4 Å². The molecule has 1 atom stereocenters. The largest absolute Gasteiger partial charge is 0.493 e. The third-order valence-electron chi connectivity index (χ3n) is 3.30. The average molecular weight is 387 g/mol. The van der Waals surface area contributed by atoms with E-state index in [1.807, 2.05) is 36.4 Å². The molecule has 1 aliphatic rings. The molecule has 3 rings (SSSR count). The number of ether oxygens (including phenoxy) is 1. The van der Waals surface area contributed by atoms with Crippen LogP contribution in [0.1, 0.15) is 22.8 Å². The van der Waals surface area contributed by atoms with E-state index in [-0.39, 0.29) is 0 Å². The van der Waals surface area contributed by atoms with Crippen LogP contribution in [-0.2, 0) is 6.42 Å². The van der Waals surface area contributed by atoms with Gasteiger partial charge < -0.3 is 9.84 Å². The van der Waals surface area contributed by atoms with Gasteiger partial charge in [0.1, 0.15) is 11.9 Å². The highest BCUT2D eigenvalue weighted by Gasteiger charge is 2.22. The summed E-state index contributed by atoms with van der Waals surface area (Å²) in [6.45, 7) is 0.687. The number of aliphatic hydroxyl groups excluding tert-OH is 1. The van der Waals surface area contributed by atoms with Gasteiger partial charge in [-0.2, -0.15) is 0 Å². The summed E-state index contributed by atoms with van der Waals surface area (Å²) in [4.78, 5) is 0. The summed E-state index contributed by atoms with van der Waals surface area (Å²) in [5.74, 6) is 0.824. The standard InChI is InChI=1S/C15H12ClIO2/c16-12-8-10(4-5-13(12)17)14(18)11-3-1-2-9-6-7-19-15(9)11/h1-5,8,14,18H,6-7H2. The molecule has 4 heteroatoms. The van der Waals surface area contributed by atoms with Gasteiger partial charge in [-0.1, -0.05) is 35.9 Å². The van der Waals surface area contributed by atoms with Gasteiger partial charge in [0.2, 0.25) is 0 Å². The second kappa shape index (κ2) is 5.31. The van der Waals surface area contributed by atoms with Crippen LogP contribution in [0.2, 0.25) is 5.02 Å². The molecule has 0 aliphatic carbocycles. The second-order valence-electron chi connectivity index (χ2n) is 4.51. The summed E-state index contributed by atoms with van der Waals surface area (Å²) in [6.07, 6.45) is 0.200. The molecule has 1 heterocycles. The van der Waals surface area contributed by atoms with E-state index in [9.17, 15) is 5.11 Å². The van der Waals surface area contributed by atoms with Gasteiger partial charge in [-0.05, 0) is 45.9 Å². The maximum absolute atomic E-state index is 10.5. The summed E-state index contributed by atoms with van der Waals surface area (Å²) < 4.78 is 6.61. The summed E-state index contributed by atoms with van der Waals surface area (Å²) in [5, 5.41) is 11.2. The van der Waals surface area contributed by atoms with Crippen molar-refractivity contribution in [3.63, 3.8) is 0 Å². The molecule has 0 bridgehead atoms. The Balaban J connectivity index is 2.02. The molecule has 19 heavy (non-hydrogen) atoms. The second-order valence-corrected chi connectivity index (χ2v) is 6.08. The highest BCUT2D eigenvalue weighted by molar-refractivity contribution is 14.1. The fourth-order valence-electron chi connectivity index (χ4n) is 2.32. The molecule has 0 saturated carbocycles. The average Bonchev–Trinajstić information content (AvgIpc) is 2.89. The lowest BCUT2D eigenvalue weighted by Gasteiger charge is -2.15. The zero-order valence-corrected chi connectivity index (χ0v) is 13.0. The summed E-state index contributed by atoms with van der Waals surface area (Å²) in [7, 11) is 0. The highest BCUT2D eigenvalue weighted by Crippen LogP contribution is 2.36. The van der Waals surface area contributed by atoms with Crippen LogP contribution in [-0.4, -0.2) is 11.7 Å². The van der Waals surface area contributed by atoms with E-state index in [0.29, 0.717) is 11.6 Å². The molecule has 0 spiro atoms. The van der Waals surface area contributed by atoms with Gasteiger partial charge in [0, 0.05) is 15.6 Å². The van der Waals surface area contributed by atoms with Gasteiger partial charge in [0.05, 0.1) is 11.6 Å². The van der Waals surface area contributed by atoms with Crippen molar-refractivity contribution in [2.24, 2.45) is 0 Å². The Kier molecular flexibility index (Phi) is 3.69. The van der Waals surface area contributed by atoms with Crippen LogP contribution in [0.4, 0.5) is 0 Å². The first-order chi connectivity index (χ1) is 9.16. The molecule has 0 radical (unpaired) electrons. The smallest absolute Gasteiger partial charge is 0.128 e. The number of benzene rings is 2. The van der Waals surface area contributed by atoms with Crippen molar-refractivity contribution in [3.8, 4) is 5.75 Å². The van der Waals surface area contributed by atoms with E-state index >= 15 is 0 Å². The Bertz CT molecular complexity index is 628. The molecule has 1 aliphatic heterocycles.